The van der Waals surface area contributed by atoms with E-state index in [4.69, 9.17) is 5.26 Å². The van der Waals surface area contributed by atoms with Gasteiger partial charge in [0.25, 0.3) is 0 Å². The molecule has 1 aliphatic rings. The average molecular weight is 385 g/mol. The summed E-state index contributed by atoms with van der Waals surface area (Å²) in [6, 6.07) is 12.1. The Bertz CT molecular complexity index is 942. The first-order valence-electron chi connectivity index (χ1n) is 8.81. The zero-order chi connectivity index (χ0) is 19.7. The van der Waals surface area contributed by atoms with Crippen LogP contribution in [0.2, 0.25) is 0 Å². The predicted molar refractivity (Wildman–Crippen MR) is 103 cm³/mol. The van der Waals surface area contributed by atoms with Gasteiger partial charge in [-0.25, -0.2) is 13.1 Å². The van der Waals surface area contributed by atoms with Crippen LogP contribution >= 0.6 is 0 Å². The Balaban J connectivity index is 1.67. The molecule has 7 nitrogen and oxygen atoms in total. The van der Waals surface area contributed by atoms with E-state index in [1.807, 2.05) is 23.1 Å². The van der Waals surface area contributed by atoms with Gasteiger partial charge in [0.15, 0.2) is 11.5 Å². The lowest BCUT2D eigenvalue weighted by molar-refractivity contribution is 0.560. The Morgan fingerprint density at radius 2 is 1.85 bits per heavy atom. The maximum absolute atomic E-state index is 12.7. The first kappa shape index (κ1) is 19.3. The molecule has 27 heavy (non-hydrogen) atoms. The zero-order valence-corrected chi connectivity index (χ0v) is 16.5. The van der Waals surface area contributed by atoms with E-state index < -0.39 is 10.0 Å². The lowest BCUT2D eigenvalue weighted by Crippen LogP contribution is -2.37. The predicted octanol–water partition coefficient (Wildman–Crippen LogP) is 2.20. The molecule has 1 N–H and O–H groups in total. The first-order chi connectivity index (χ1) is 12.7. The Morgan fingerprint density at radius 3 is 2.41 bits per heavy atom. The molecule has 1 fully saturated rings. The highest BCUT2D eigenvalue weighted by Gasteiger charge is 2.28. The topological polar surface area (TPSA) is 99.0 Å². The summed E-state index contributed by atoms with van der Waals surface area (Å²) < 4.78 is 28.1. The molecular formula is C19H23N5O2S. The van der Waals surface area contributed by atoms with Crippen LogP contribution in [-0.2, 0) is 15.4 Å². The van der Waals surface area contributed by atoms with Gasteiger partial charge in [-0.1, -0.05) is 32.9 Å². The second-order valence-electron chi connectivity index (χ2n) is 7.72. The van der Waals surface area contributed by atoms with Crippen LogP contribution < -0.4 is 9.62 Å². The summed E-state index contributed by atoms with van der Waals surface area (Å²) in [6.07, 6.45) is 0.682. The number of anilines is 1. The van der Waals surface area contributed by atoms with E-state index in [1.54, 1.807) is 24.3 Å². The molecule has 1 aromatic heterocycles. The largest absolute Gasteiger partial charge is 0.353 e. The van der Waals surface area contributed by atoms with Gasteiger partial charge in [0.1, 0.15) is 6.07 Å². The number of aromatic nitrogens is 2. The molecule has 0 bridgehead atoms. The molecule has 142 valence electrons. The number of hydrogen-bond acceptors (Lipinski definition) is 6. The number of nitrogens with zero attached hydrogens (tertiary/aromatic N) is 4. The van der Waals surface area contributed by atoms with Crippen LogP contribution in [0.1, 0.15) is 38.4 Å². The van der Waals surface area contributed by atoms with E-state index in [-0.39, 0.29) is 22.0 Å². The normalized spacial score (nSPS) is 17.7. The van der Waals surface area contributed by atoms with Gasteiger partial charge in [0, 0.05) is 19.1 Å². The Hall–Kier alpha value is -2.50. The SMILES string of the molecule is CC(C)(C)c1ccc(S(=O)(=O)N[C@@H]2CCN(c3ccc(C#N)nn3)C2)cc1. The van der Waals surface area contributed by atoms with Crippen LogP contribution in [0.4, 0.5) is 5.82 Å². The van der Waals surface area contributed by atoms with E-state index in [1.165, 1.54) is 0 Å². The highest BCUT2D eigenvalue weighted by molar-refractivity contribution is 7.89. The van der Waals surface area contributed by atoms with Crippen LogP contribution in [0.15, 0.2) is 41.3 Å². The molecule has 0 aliphatic carbocycles. The molecule has 1 aromatic carbocycles. The van der Waals surface area contributed by atoms with E-state index in [9.17, 15) is 8.42 Å². The first-order valence-corrected chi connectivity index (χ1v) is 10.3. The quantitative estimate of drug-likeness (QED) is 0.866. The summed E-state index contributed by atoms with van der Waals surface area (Å²) in [5, 5.41) is 16.6. The summed E-state index contributed by atoms with van der Waals surface area (Å²) >= 11 is 0. The molecule has 1 atom stereocenters. The molecule has 2 aromatic rings. The molecule has 0 amide bonds. The summed E-state index contributed by atoms with van der Waals surface area (Å²) in [4.78, 5) is 2.23. The lowest BCUT2D eigenvalue weighted by Gasteiger charge is -2.20. The molecule has 1 saturated heterocycles. The van der Waals surface area contributed by atoms with Crippen LogP contribution in [0.3, 0.4) is 0 Å². The molecule has 0 saturated carbocycles. The van der Waals surface area contributed by atoms with Gasteiger partial charge in [-0.05, 0) is 41.7 Å². The van der Waals surface area contributed by atoms with Gasteiger partial charge in [-0.15, -0.1) is 10.2 Å². The minimum absolute atomic E-state index is 0.0240. The fourth-order valence-electron chi connectivity index (χ4n) is 3.04. The third-order valence-corrected chi connectivity index (χ3v) is 6.17. The summed E-state index contributed by atoms with van der Waals surface area (Å²) in [5.41, 5.74) is 1.32. The standard InChI is InChI=1S/C19H23N5O2S/c1-19(2,3)14-4-7-17(8-5-14)27(25,26)23-16-10-11-24(13-16)18-9-6-15(12-20)21-22-18/h4-9,16,23H,10-11,13H2,1-3H3/t16-/m1/s1. The molecule has 0 unspecified atom stereocenters. The number of benzene rings is 1. The monoisotopic (exact) mass is 385 g/mol. The number of hydrogen-bond donors (Lipinski definition) is 1. The second-order valence-corrected chi connectivity index (χ2v) is 9.43. The number of rotatable bonds is 4. The average Bonchev–Trinajstić information content (AvgIpc) is 3.09. The molecule has 2 heterocycles. The van der Waals surface area contributed by atoms with E-state index in [2.05, 4.69) is 35.7 Å². The third-order valence-electron chi connectivity index (χ3n) is 4.63. The van der Waals surface area contributed by atoms with Gasteiger partial charge in [-0.3, -0.25) is 0 Å². The highest BCUT2D eigenvalue weighted by Crippen LogP contribution is 2.24. The van der Waals surface area contributed by atoms with E-state index in [0.29, 0.717) is 25.3 Å². The van der Waals surface area contributed by atoms with Crippen molar-refractivity contribution in [3.05, 3.63) is 47.7 Å². The van der Waals surface area contributed by atoms with Crippen LogP contribution in [0.5, 0.6) is 0 Å². The van der Waals surface area contributed by atoms with Crippen molar-refractivity contribution < 1.29 is 8.42 Å². The van der Waals surface area contributed by atoms with Crippen molar-refractivity contribution >= 4 is 15.8 Å². The van der Waals surface area contributed by atoms with Gasteiger partial charge >= 0.3 is 0 Å². The smallest absolute Gasteiger partial charge is 0.240 e. The molecule has 3 rings (SSSR count). The summed E-state index contributed by atoms with van der Waals surface area (Å²) in [7, 11) is -3.58. The Morgan fingerprint density at radius 1 is 1.15 bits per heavy atom. The maximum Gasteiger partial charge on any atom is 0.240 e. The van der Waals surface area contributed by atoms with Crippen LogP contribution in [-0.4, -0.2) is 37.7 Å². The van der Waals surface area contributed by atoms with Crippen molar-refractivity contribution in [2.75, 3.05) is 18.0 Å². The van der Waals surface area contributed by atoms with Crippen molar-refractivity contribution in [1.29, 1.82) is 5.26 Å². The molecular weight excluding hydrogens is 362 g/mol. The number of nitrogens with one attached hydrogen (secondary N) is 1. The van der Waals surface area contributed by atoms with Crippen molar-refractivity contribution in [2.45, 2.75) is 43.5 Å². The van der Waals surface area contributed by atoms with Gasteiger partial charge < -0.3 is 4.90 Å². The highest BCUT2D eigenvalue weighted by atomic mass is 32.2. The molecule has 8 heteroatoms. The summed E-state index contributed by atoms with van der Waals surface area (Å²) in [5.74, 6) is 0.644. The minimum atomic E-state index is -3.58. The summed E-state index contributed by atoms with van der Waals surface area (Å²) in [6.45, 7) is 7.46. The van der Waals surface area contributed by atoms with Gasteiger partial charge in [0.05, 0.1) is 4.90 Å². The van der Waals surface area contributed by atoms with Crippen LogP contribution in [0.25, 0.3) is 0 Å². The fourth-order valence-corrected chi connectivity index (χ4v) is 4.30. The van der Waals surface area contributed by atoms with Crippen molar-refractivity contribution in [1.82, 2.24) is 14.9 Å². The molecule has 0 radical (unpaired) electrons. The molecule has 1 aliphatic heterocycles. The van der Waals surface area contributed by atoms with Gasteiger partial charge in [0.2, 0.25) is 10.0 Å². The zero-order valence-electron chi connectivity index (χ0n) is 15.7. The maximum atomic E-state index is 12.7. The number of nitriles is 1. The van der Waals surface area contributed by atoms with Crippen LogP contribution in [0, 0.1) is 11.3 Å². The van der Waals surface area contributed by atoms with E-state index in [0.717, 1.165) is 5.56 Å². The Kier molecular flexibility index (Phi) is 5.18. The van der Waals surface area contributed by atoms with Gasteiger partial charge in [-0.2, -0.15) is 5.26 Å². The lowest BCUT2D eigenvalue weighted by atomic mass is 9.87. The van der Waals surface area contributed by atoms with Crippen molar-refractivity contribution in [3.8, 4) is 6.07 Å². The van der Waals surface area contributed by atoms with E-state index >= 15 is 0 Å². The number of sulfonamides is 1. The van der Waals surface area contributed by atoms with Crippen molar-refractivity contribution in [2.24, 2.45) is 0 Å². The van der Waals surface area contributed by atoms with Crippen molar-refractivity contribution in [3.63, 3.8) is 0 Å². The third kappa shape index (κ3) is 4.43. The minimum Gasteiger partial charge on any atom is -0.353 e. The molecule has 0 spiro atoms. The second kappa shape index (κ2) is 7.25. The Labute approximate surface area is 160 Å². The fraction of sp³-hybridized carbons (Fsp3) is 0.421.